The third kappa shape index (κ3) is 3.66. The molecule has 0 bridgehead atoms. The standard InChI is InChI=1S/C23H22N4O/c1-2-25-26-23(28)20-9-7-17(8-10-20)16-27-21-6-4-3-5-18(21)11-12-19-13-14-24-15-22(19)27/h3-15,25H,2,16H2,1H3,(H,26,28). The first-order valence-electron chi connectivity index (χ1n) is 9.37. The van der Waals surface area contributed by atoms with Crippen LogP contribution in [0.5, 0.6) is 0 Å². The highest BCUT2D eigenvalue weighted by molar-refractivity contribution is 5.94. The number of anilines is 2. The number of nitrogens with zero attached hydrogens (tertiary/aromatic N) is 2. The van der Waals surface area contributed by atoms with Gasteiger partial charge in [0.25, 0.3) is 5.91 Å². The Morgan fingerprint density at radius 2 is 1.71 bits per heavy atom. The van der Waals surface area contributed by atoms with Gasteiger partial charge in [-0.25, -0.2) is 5.43 Å². The predicted octanol–water partition coefficient (Wildman–Crippen LogP) is 4.16. The third-order valence-corrected chi connectivity index (χ3v) is 4.73. The molecule has 0 unspecified atom stereocenters. The van der Waals surface area contributed by atoms with E-state index in [0.29, 0.717) is 18.7 Å². The lowest BCUT2D eigenvalue weighted by atomic mass is 10.1. The third-order valence-electron chi connectivity index (χ3n) is 4.73. The number of aromatic nitrogens is 1. The number of para-hydroxylation sites is 1. The summed E-state index contributed by atoms with van der Waals surface area (Å²) in [6.45, 7) is 3.30. The Labute approximate surface area is 164 Å². The maximum Gasteiger partial charge on any atom is 0.265 e. The van der Waals surface area contributed by atoms with Crippen LogP contribution in [-0.4, -0.2) is 17.4 Å². The van der Waals surface area contributed by atoms with E-state index in [-0.39, 0.29) is 5.91 Å². The molecule has 0 atom stereocenters. The molecule has 1 amide bonds. The highest BCUT2D eigenvalue weighted by Gasteiger charge is 2.18. The van der Waals surface area contributed by atoms with Gasteiger partial charge in [0, 0.05) is 36.1 Å². The number of rotatable bonds is 5. The Morgan fingerprint density at radius 3 is 2.50 bits per heavy atom. The first-order valence-corrected chi connectivity index (χ1v) is 9.37. The minimum Gasteiger partial charge on any atom is -0.335 e. The van der Waals surface area contributed by atoms with Crippen LogP contribution in [0, 0.1) is 0 Å². The molecular formula is C23H22N4O. The van der Waals surface area contributed by atoms with Crippen LogP contribution in [0.15, 0.2) is 67.0 Å². The van der Waals surface area contributed by atoms with Crippen molar-refractivity contribution < 1.29 is 4.79 Å². The normalized spacial score (nSPS) is 12.1. The molecule has 2 heterocycles. The first kappa shape index (κ1) is 17.9. The van der Waals surface area contributed by atoms with Crippen molar-refractivity contribution >= 4 is 29.4 Å². The predicted molar refractivity (Wildman–Crippen MR) is 113 cm³/mol. The molecular weight excluding hydrogens is 348 g/mol. The maximum absolute atomic E-state index is 12.1. The molecule has 5 heteroatoms. The fourth-order valence-corrected chi connectivity index (χ4v) is 3.30. The van der Waals surface area contributed by atoms with Gasteiger partial charge >= 0.3 is 0 Å². The van der Waals surface area contributed by atoms with Crippen molar-refractivity contribution in [3.8, 4) is 0 Å². The van der Waals surface area contributed by atoms with E-state index >= 15 is 0 Å². The van der Waals surface area contributed by atoms with Gasteiger partial charge in [0.1, 0.15) is 0 Å². The average molecular weight is 370 g/mol. The molecule has 5 nitrogen and oxygen atoms in total. The van der Waals surface area contributed by atoms with Gasteiger partial charge in [-0.1, -0.05) is 49.4 Å². The van der Waals surface area contributed by atoms with Gasteiger partial charge in [-0.15, -0.1) is 0 Å². The smallest absolute Gasteiger partial charge is 0.265 e. The van der Waals surface area contributed by atoms with Crippen molar-refractivity contribution in [2.45, 2.75) is 13.5 Å². The lowest BCUT2D eigenvalue weighted by Crippen LogP contribution is -2.37. The molecule has 28 heavy (non-hydrogen) atoms. The number of fused-ring (bicyclic) bond motifs is 2. The molecule has 0 saturated heterocycles. The van der Waals surface area contributed by atoms with Crippen molar-refractivity contribution in [2.24, 2.45) is 0 Å². The molecule has 1 aromatic heterocycles. The molecule has 0 fully saturated rings. The second-order valence-electron chi connectivity index (χ2n) is 6.59. The number of hydrogen-bond donors (Lipinski definition) is 2. The van der Waals surface area contributed by atoms with E-state index in [1.807, 2.05) is 55.7 Å². The van der Waals surface area contributed by atoms with E-state index in [4.69, 9.17) is 0 Å². The topological polar surface area (TPSA) is 57.3 Å². The zero-order valence-electron chi connectivity index (χ0n) is 15.7. The summed E-state index contributed by atoms with van der Waals surface area (Å²) in [5, 5.41) is 0. The quantitative estimate of drug-likeness (QED) is 0.662. The molecule has 3 aromatic rings. The fraction of sp³-hybridized carbons (Fsp3) is 0.130. The van der Waals surface area contributed by atoms with Crippen LogP contribution in [-0.2, 0) is 6.54 Å². The Morgan fingerprint density at radius 1 is 0.964 bits per heavy atom. The van der Waals surface area contributed by atoms with Crippen LogP contribution in [0.2, 0.25) is 0 Å². The minimum absolute atomic E-state index is 0.132. The van der Waals surface area contributed by atoms with Crippen molar-refractivity contribution in [3.05, 3.63) is 89.2 Å². The monoisotopic (exact) mass is 370 g/mol. The molecule has 0 aliphatic carbocycles. The summed E-state index contributed by atoms with van der Waals surface area (Å²) >= 11 is 0. The average Bonchev–Trinajstić information content (AvgIpc) is 2.90. The molecule has 140 valence electrons. The van der Waals surface area contributed by atoms with Crippen LogP contribution in [0.1, 0.15) is 34.0 Å². The Bertz CT molecular complexity index is 962. The minimum atomic E-state index is -0.132. The van der Waals surface area contributed by atoms with Gasteiger partial charge in [0.05, 0.1) is 11.9 Å². The van der Waals surface area contributed by atoms with E-state index in [1.165, 1.54) is 5.56 Å². The van der Waals surface area contributed by atoms with Crippen LogP contribution in [0.4, 0.5) is 11.4 Å². The van der Waals surface area contributed by atoms with Crippen molar-refractivity contribution in [1.82, 2.24) is 15.8 Å². The zero-order chi connectivity index (χ0) is 19.3. The lowest BCUT2D eigenvalue weighted by molar-refractivity contribution is 0.0934. The highest BCUT2D eigenvalue weighted by atomic mass is 16.2. The first-order chi connectivity index (χ1) is 13.8. The van der Waals surface area contributed by atoms with Gasteiger partial charge in [-0.05, 0) is 35.4 Å². The van der Waals surface area contributed by atoms with Crippen LogP contribution in [0.3, 0.4) is 0 Å². The van der Waals surface area contributed by atoms with Crippen LogP contribution >= 0.6 is 0 Å². The molecule has 2 aromatic carbocycles. The second kappa shape index (κ2) is 8.06. The van der Waals surface area contributed by atoms with Crippen molar-refractivity contribution in [2.75, 3.05) is 11.4 Å². The Balaban J connectivity index is 1.64. The summed E-state index contributed by atoms with van der Waals surface area (Å²) in [6, 6.07) is 18.1. The Kier molecular flexibility index (Phi) is 5.17. The van der Waals surface area contributed by atoms with E-state index < -0.39 is 0 Å². The van der Waals surface area contributed by atoms with Gasteiger partial charge < -0.3 is 4.90 Å². The molecule has 0 saturated carbocycles. The zero-order valence-corrected chi connectivity index (χ0v) is 15.7. The van der Waals surface area contributed by atoms with Crippen molar-refractivity contribution in [1.29, 1.82) is 0 Å². The van der Waals surface area contributed by atoms with Gasteiger partial charge in [0.15, 0.2) is 0 Å². The molecule has 1 aliphatic heterocycles. The summed E-state index contributed by atoms with van der Waals surface area (Å²) in [7, 11) is 0. The summed E-state index contributed by atoms with van der Waals surface area (Å²) < 4.78 is 0. The summed E-state index contributed by atoms with van der Waals surface area (Å²) in [4.78, 5) is 18.7. The Hall–Kier alpha value is -3.44. The van der Waals surface area contributed by atoms with Crippen LogP contribution in [0.25, 0.3) is 12.2 Å². The molecule has 4 rings (SSSR count). The lowest BCUT2D eigenvalue weighted by Gasteiger charge is -2.26. The number of carbonyl (C=O) groups excluding carboxylic acids is 1. The van der Waals surface area contributed by atoms with E-state index in [0.717, 1.165) is 22.5 Å². The molecule has 0 radical (unpaired) electrons. The number of benzene rings is 2. The number of amides is 1. The number of pyridine rings is 1. The number of hydrazine groups is 1. The van der Waals surface area contributed by atoms with E-state index in [9.17, 15) is 4.79 Å². The maximum atomic E-state index is 12.1. The highest BCUT2D eigenvalue weighted by Crippen LogP contribution is 2.36. The fourth-order valence-electron chi connectivity index (χ4n) is 3.30. The molecule has 2 N–H and O–H groups in total. The van der Waals surface area contributed by atoms with Gasteiger partial charge in [-0.3, -0.25) is 15.2 Å². The van der Waals surface area contributed by atoms with Crippen molar-refractivity contribution in [3.63, 3.8) is 0 Å². The number of nitrogens with one attached hydrogen (secondary N) is 2. The largest absolute Gasteiger partial charge is 0.335 e. The molecule has 0 spiro atoms. The van der Waals surface area contributed by atoms with Gasteiger partial charge in [0.2, 0.25) is 0 Å². The van der Waals surface area contributed by atoms with Crippen LogP contribution < -0.4 is 15.8 Å². The summed E-state index contributed by atoms with van der Waals surface area (Å²) in [5.41, 5.74) is 11.8. The number of carbonyl (C=O) groups is 1. The number of hydrogen-bond acceptors (Lipinski definition) is 4. The van der Waals surface area contributed by atoms with E-state index in [2.05, 4.69) is 51.1 Å². The summed E-state index contributed by atoms with van der Waals surface area (Å²) in [5.74, 6) is -0.132. The van der Waals surface area contributed by atoms with E-state index in [1.54, 1.807) is 0 Å². The SMILES string of the molecule is CCNNC(=O)c1ccc(CN2c3ccccc3C=Cc3ccncc32)cc1. The summed E-state index contributed by atoms with van der Waals surface area (Å²) in [6.07, 6.45) is 7.99. The molecule has 1 aliphatic rings. The van der Waals surface area contributed by atoms with Gasteiger partial charge in [-0.2, -0.15) is 0 Å². The second-order valence-corrected chi connectivity index (χ2v) is 6.59.